The van der Waals surface area contributed by atoms with E-state index in [4.69, 9.17) is 16.3 Å². The Kier molecular flexibility index (Phi) is 5.48. The van der Waals surface area contributed by atoms with E-state index in [1.807, 2.05) is 26.0 Å². The SMILES string of the molecule is Cc1cc(Cn2nnn(-c3ccccc3Cl)c2=O)cc(C)c1OC(C)(C)C(=O)O. The van der Waals surface area contributed by atoms with Crippen LogP contribution in [0.25, 0.3) is 5.69 Å². The van der Waals surface area contributed by atoms with Gasteiger partial charge in [0.2, 0.25) is 0 Å². The van der Waals surface area contributed by atoms with E-state index in [-0.39, 0.29) is 6.54 Å². The van der Waals surface area contributed by atoms with Gasteiger partial charge < -0.3 is 9.84 Å². The summed E-state index contributed by atoms with van der Waals surface area (Å²) >= 11 is 6.14. The lowest BCUT2D eigenvalue weighted by atomic mass is 10.0. The van der Waals surface area contributed by atoms with Crippen LogP contribution in [-0.2, 0) is 11.3 Å². The van der Waals surface area contributed by atoms with Gasteiger partial charge in [0.1, 0.15) is 5.75 Å². The molecule has 1 N–H and O–H groups in total. The number of hydrogen-bond donors (Lipinski definition) is 1. The summed E-state index contributed by atoms with van der Waals surface area (Å²) in [6.45, 7) is 6.84. The number of carboxylic acid groups (broad SMARTS) is 1. The van der Waals surface area contributed by atoms with Gasteiger partial charge in [-0.1, -0.05) is 35.9 Å². The van der Waals surface area contributed by atoms with Crippen molar-refractivity contribution in [3.05, 3.63) is 68.6 Å². The summed E-state index contributed by atoms with van der Waals surface area (Å²) in [4.78, 5) is 24.0. The van der Waals surface area contributed by atoms with Crippen molar-refractivity contribution in [2.75, 3.05) is 0 Å². The minimum absolute atomic E-state index is 0.202. The molecule has 9 heteroatoms. The van der Waals surface area contributed by atoms with Crippen LogP contribution in [0.4, 0.5) is 0 Å². The van der Waals surface area contributed by atoms with Crippen molar-refractivity contribution in [3.8, 4) is 11.4 Å². The number of aliphatic carboxylic acids is 1. The molecule has 152 valence electrons. The van der Waals surface area contributed by atoms with E-state index in [1.165, 1.54) is 18.5 Å². The molecular formula is C20H21ClN4O4. The fraction of sp³-hybridized carbons (Fsp3) is 0.300. The second-order valence-corrected chi connectivity index (χ2v) is 7.67. The predicted octanol–water partition coefficient (Wildman–Crippen LogP) is 2.99. The highest BCUT2D eigenvalue weighted by atomic mass is 35.5. The molecule has 0 unspecified atom stereocenters. The number of carbonyl (C=O) groups is 1. The van der Waals surface area contributed by atoms with E-state index in [0.29, 0.717) is 16.5 Å². The summed E-state index contributed by atoms with van der Waals surface area (Å²) < 4.78 is 8.10. The van der Waals surface area contributed by atoms with E-state index >= 15 is 0 Å². The molecule has 0 saturated carbocycles. The van der Waals surface area contributed by atoms with Crippen LogP contribution in [0.3, 0.4) is 0 Å². The maximum atomic E-state index is 12.7. The van der Waals surface area contributed by atoms with Crippen molar-refractivity contribution in [1.29, 1.82) is 0 Å². The van der Waals surface area contributed by atoms with Crippen LogP contribution in [-0.4, -0.2) is 36.5 Å². The lowest BCUT2D eigenvalue weighted by molar-refractivity contribution is -0.152. The van der Waals surface area contributed by atoms with Crippen molar-refractivity contribution in [1.82, 2.24) is 19.8 Å². The quantitative estimate of drug-likeness (QED) is 0.663. The molecule has 0 bridgehead atoms. The van der Waals surface area contributed by atoms with Crippen molar-refractivity contribution in [2.45, 2.75) is 39.8 Å². The van der Waals surface area contributed by atoms with Crippen LogP contribution in [0.2, 0.25) is 5.02 Å². The Morgan fingerprint density at radius 2 is 1.79 bits per heavy atom. The lowest BCUT2D eigenvalue weighted by Crippen LogP contribution is -2.38. The molecule has 0 amide bonds. The van der Waals surface area contributed by atoms with Gasteiger partial charge in [-0.2, -0.15) is 9.36 Å². The van der Waals surface area contributed by atoms with Crippen LogP contribution < -0.4 is 10.4 Å². The number of para-hydroxylation sites is 1. The second kappa shape index (κ2) is 7.71. The molecule has 0 saturated heterocycles. The minimum Gasteiger partial charge on any atom is -0.478 e. The van der Waals surface area contributed by atoms with Gasteiger partial charge in [0.05, 0.1) is 17.3 Å². The van der Waals surface area contributed by atoms with Crippen LogP contribution in [0.5, 0.6) is 5.75 Å². The van der Waals surface area contributed by atoms with E-state index in [0.717, 1.165) is 21.4 Å². The van der Waals surface area contributed by atoms with Gasteiger partial charge in [-0.15, -0.1) is 0 Å². The fourth-order valence-electron chi connectivity index (χ4n) is 2.91. The van der Waals surface area contributed by atoms with E-state index in [1.54, 1.807) is 24.3 Å². The summed E-state index contributed by atoms with van der Waals surface area (Å²) in [6.07, 6.45) is 0. The number of ether oxygens (including phenoxy) is 1. The third-order valence-corrected chi connectivity index (χ3v) is 4.76. The monoisotopic (exact) mass is 416 g/mol. The minimum atomic E-state index is -1.36. The molecule has 0 aliphatic heterocycles. The Bertz CT molecular complexity index is 1110. The molecule has 29 heavy (non-hydrogen) atoms. The summed E-state index contributed by atoms with van der Waals surface area (Å²) in [5, 5.41) is 17.5. The largest absolute Gasteiger partial charge is 0.478 e. The number of benzene rings is 2. The van der Waals surface area contributed by atoms with Gasteiger partial charge in [0.25, 0.3) is 0 Å². The van der Waals surface area contributed by atoms with E-state index in [9.17, 15) is 14.7 Å². The van der Waals surface area contributed by atoms with Crippen molar-refractivity contribution >= 4 is 17.6 Å². The first kappa shape index (κ1) is 20.6. The number of carboxylic acids is 1. The van der Waals surface area contributed by atoms with E-state index < -0.39 is 17.3 Å². The highest BCUT2D eigenvalue weighted by Gasteiger charge is 2.30. The molecule has 0 radical (unpaired) electrons. The lowest BCUT2D eigenvalue weighted by Gasteiger charge is -2.24. The van der Waals surface area contributed by atoms with Gasteiger partial charge in [-0.3, -0.25) is 0 Å². The van der Waals surface area contributed by atoms with Gasteiger partial charge in [0.15, 0.2) is 5.60 Å². The predicted molar refractivity (Wildman–Crippen MR) is 108 cm³/mol. The molecule has 3 rings (SSSR count). The van der Waals surface area contributed by atoms with Gasteiger partial charge in [-0.25, -0.2) is 9.59 Å². The first-order chi connectivity index (χ1) is 13.6. The molecular weight excluding hydrogens is 396 g/mol. The normalized spacial score (nSPS) is 11.5. The summed E-state index contributed by atoms with van der Waals surface area (Å²) in [6, 6.07) is 10.6. The smallest absolute Gasteiger partial charge is 0.368 e. The van der Waals surface area contributed by atoms with Crippen molar-refractivity contribution in [2.24, 2.45) is 0 Å². The third kappa shape index (κ3) is 4.17. The Hall–Kier alpha value is -3.13. The average Bonchev–Trinajstić information content (AvgIpc) is 2.99. The molecule has 3 aromatic rings. The number of tetrazole rings is 1. The average molecular weight is 417 g/mol. The molecule has 0 atom stereocenters. The van der Waals surface area contributed by atoms with Crippen LogP contribution in [0, 0.1) is 13.8 Å². The number of halogens is 1. The maximum Gasteiger partial charge on any atom is 0.368 e. The standard InChI is InChI=1S/C20H21ClN4O4/c1-12-9-14(10-13(2)17(12)29-20(3,4)18(26)27)11-24-19(28)25(23-22-24)16-8-6-5-7-15(16)21/h5-10H,11H2,1-4H3,(H,26,27). The number of rotatable bonds is 6. The molecule has 0 aliphatic rings. The van der Waals surface area contributed by atoms with Crippen LogP contribution in [0.15, 0.2) is 41.2 Å². The highest BCUT2D eigenvalue weighted by Crippen LogP contribution is 2.29. The first-order valence-corrected chi connectivity index (χ1v) is 9.28. The van der Waals surface area contributed by atoms with Crippen LogP contribution >= 0.6 is 11.6 Å². The molecule has 0 aliphatic carbocycles. The third-order valence-electron chi connectivity index (χ3n) is 4.44. The molecule has 8 nitrogen and oxygen atoms in total. The second-order valence-electron chi connectivity index (χ2n) is 7.26. The molecule has 2 aromatic carbocycles. The number of aromatic nitrogens is 4. The zero-order chi connectivity index (χ0) is 21.3. The van der Waals surface area contributed by atoms with Crippen LogP contribution in [0.1, 0.15) is 30.5 Å². The fourth-order valence-corrected chi connectivity index (χ4v) is 3.13. The van der Waals surface area contributed by atoms with Crippen molar-refractivity contribution in [3.63, 3.8) is 0 Å². The molecule has 0 fully saturated rings. The number of nitrogens with zero attached hydrogens (tertiary/aromatic N) is 4. The number of aryl methyl sites for hydroxylation is 2. The van der Waals surface area contributed by atoms with Gasteiger partial charge >= 0.3 is 11.7 Å². The first-order valence-electron chi connectivity index (χ1n) is 8.90. The Morgan fingerprint density at radius 1 is 1.17 bits per heavy atom. The topological polar surface area (TPSA) is 99.2 Å². The zero-order valence-corrected chi connectivity index (χ0v) is 17.3. The summed E-state index contributed by atoms with van der Waals surface area (Å²) in [5.74, 6) is -0.545. The highest BCUT2D eigenvalue weighted by molar-refractivity contribution is 6.32. The summed E-state index contributed by atoms with van der Waals surface area (Å²) in [7, 11) is 0. The van der Waals surface area contributed by atoms with Gasteiger partial charge in [0, 0.05) is 0 Å². The Labute approximate surface area is 172 Å². The molecule has 0 spiro atoms. The van der Waals surface area contributed by atoms with E-state index in [2.05, 4.69) is 10.4 Å². The maximum absolute atomic E-state index is 12.7. The Balaban J connectivity index is 1.90. The molecule has 1 aromatic heterocycles. The molecule has 1 heterocycles. The van der Waals surface area contributed by atoms with Gasteiger partial charge in [-0.05, 0) is 66.9 Å². The zero-order valence-electron chi connectivity index (χ0n) is 16.5. The number of hydrogen-bond acceptors (Lipinski definition) is 5. The van der Waals surface area contributed by atoms with Crippen molar-refractivity contribution < 1.29 is 14.6 Å². The Morgan fingerprint density at radius 3 is 2.38 bits per heavy atom. The summed E-state index contributed by atoms with van der Waals surface area (Å²) in [5.41, 5.74) is 1.03.